The molecule has 98 valence electrons. The molecule has 0 bridgehead atoms. The zero-order valence-electron chi connectivity index (χ0n) is 10.0. The highest BCUT2D eigenvalue weighted by molar-refractivity contribution is 5.76. The first-order valence-electron chi connectivity index (χ1n) is 5.29. The molecule has 0 aliphatic heterocycles. The fraction of sp³-hybridized carbons (Fsp3) is 0.364. The molecule has 0 atom stereocenters. The summed E-state index contributed by atoms with van der Waals surface area (Å²) in [4.78, 5) is 21.2. The van der Waals surface area contributed by atoms with E-state index in [1.54, 1.807) is 6.92 Å². The number of hydrogen-bond acceptors (Lipinski definition) is 5. The first kappa shape index (κ1) is 13.9. The third-order valence-electron chi connectivity index (χ3n) is 2.20. The summed E-state index contributed by atoms with van der Waals surface area (Å²) in [5.41, 5.74) is -0.155. The van der Waals surface area contributed by atoms with Crippen LogP contribution in [0.15, 0.2) is 12.1 Å². The van der Waals surface area contributed by atoms with Crippen molar-refractivity contribution in [1.29, 1.82) is 0 Å². The van der Waals surface area contributed by atoms with Gasteiger partial charge in [-0.3, -0.25) is 14.9 Å². The molecule has 7 heteroatoms. The lowest BCUT2D eigenvalue weighted by molar-refractivity contribution is -0.384. The maximum absolute atomic E-state index is 13.3. The Morgan fingerprint density at radius 2 is 2.22 bits per heavy atom. The number of nitrogens with one attached hydrogen (secondary N) is 1. The summed E-state index contributed by atoms with van der Waals surface area (Å²) in [5.74, 6) is -1.14. The van der Waals surface area contributed by atoms with Crippen molar-refractivity contribution >= 4 is 17.3 Å². The van der Waals surface area contributed by atoms with Gasteiger partial charge in [0.2, 0.25) is 0 Å². The Morgan fingerprint density at radius 3 is 2.78 bits per heavy atom. The van der Waals surface area contributed by atoms with Crippen molar-refractivity contribution in [3.8, 4) is 0 Å². The van der Waals surface area contributed by atoms with Crippen LogP contribution in [0.1, 0.15) is 12.5 Å². The highest BCUT2D eigenvalue weighted by atomic mass is 19.1. The van der Waals surface area contributed by atoms with E-state index >= 15 is 0 Å². The van der Waals surface area contributed by atoms with Crippen LogP contribution in [0.3, 0.4) is 0 Å². The van der Waals surface area contributed by atoms with E-state index in [1.807, 2.05) is 0 Å². The van der Waals surface area contributed by atoms with Crippen LogP contribution in [-0.4, -0.2) is 24.0 Å². The molecule has 1 N–H and O–H groups in total. The normalized spacial score (nSPS) is 9.94. The molecular formula is C11H13FN2O4. The van der Waals surface area contributed by atoms with Gasteiger partial charge in [0.25, 0.3) is 5.69 Å². The summed E-state index contributed by atoms with van der Waals surface area (Å²) in [6, 6.07) is 2.11. The Labute approximate surface area is 103 Å². The van der Waals surface area contributed by atoms with Gasteiger partial charge in [0.05, 0.1) is 11.5 Å². The Balaban J connectivity index is 2.90. The second-order valence-electron chi connectivity index (χ2n) is 3.53. The fourth-order valence-electron chi connectivity index (χ4n) is 1.34. The summed E-state index contributed by atoms with van der Waals surface area (Å²) in [6.07, 6.45) is 0. The van der Waals surface area contributed by atoms with Crippen LogP contribution >= 0.6 is 0 Å². The first-order chi connectivity index (χ1) is 8.45. The van der Waals surface area contributed by atoms with Crippen LogP contribution in [0.25, 0.3) is 0 Å². The van der Waals surface area contributed by atoms with Crippen LogP contribution in [0.5, 0.6) is 0 Å². The van der Waals surface area contributed by atoms with Crippen LogP contribution in [0, 0.1) is 22.9 Å². The molecule has 0 aliphatic carbocycles. The van der Waals surface area contributed by atoms with Crippen molar-refractivity contribution in [3.05, 3.63) is 33.6 Å². The Bertz CT molecular complexity index is 476. The number of benzene rings is 1. The highest BCUT2D eigenvalue weighted by Gasteiger charge is 2.17. The molecule has 0 amide bonds. The molecule has 0 fully saturated rings. The fourth-order valence-corrected chi connectivity index (χ4v) is 1.34. The number of ether oxygens (including phenoxy) is 1. The van der Waals surface area contributed by atoms with Crippen LogP contribution in [0.4, 0.5) is 15.8 Å². The predicted molar refractivity (Wildman–Crippen MR) is 62.9 cm³/mol. The number of esters is 1. The van der Waals surface area contributed by atoms with Crippen molar-refractivity contribution in [1.82, 2.24) is 0 Å². The standard InChI is InChI=1S/C11H13FN2O4/c1-3-18-11(15)6-13-9-5-8(12)7(2)4-10(9)14(16)17/h4-5,13H,3,6H2,1-2H3. The largest absolute Gasteiger partial charge is 0.465 e. The van der Waals surface area contributed by atoms with Crippen LogP contribution < -0.4 is 5.32 Å². The maximum atomic E-state index is 13.3. The molecule has 0 aromatic heterocycles. The Morgan fingerprint density at radius 1 is 1.56 bits per heavy atom. The third kappa shape index (κ3) is 3.41. The molecule has 1 aromatic carbocycles. The van der Waals surface area contributed by atoms with Crippen LogP contribution in [0.2, 0.25) is 0 Å². The van der Waals surface area contributed by atoms with Crippen molar-refractivity contribution in [2.24, 2.45) is 0 Å². The lowest BCUT2D eigenvalue weighted by atomic mass is 10.2. The van der Waals surface area contributed by atoms with Gasteiger partial charge in [-0.1, -0.05) is 0 Å². The number of rotatable bonds is 5. The third-order valence-corrected chi connectivity index (χ3v) is 2.20. The van der Waals surface area contributed by atoms with E-state index in [2.05, 4.69) is 10.1 Å². The average Bonchev–Trinajstić information content (AvgIpc) is 2.30. The van der Waals surface area contributed by atoms with E-state index < -0.39 is 16.7 Å². The molecule has 0 aliphatic rings. The summed E-state index contributed by atoms with van der Waals surface area (Å²) >= 11 is 0. The Kier molecular flexibility index (Phi) is 4.59. The second kappa shape index (κ2) is 5.95. The molecule has 0 saturated heterocycles. The molecule has 18 heavy (non-hydrogen) atoms. The van der Waals surface area contributed by atoms with E-state index in [0.29, 0.717) is 0 Å². The summed E-state index contributed by atoms with van der Waals surface area (Å²) < 4.78 is 18.0. The van der Waals surface area contributed by atoms with Crippen molar-refractivity contribution in [3.63, 3.8) is 0 Å². The van der Waals surface area contributed by atoms with Gasteiger partial charge in [-0.25, -0.2) is 4.39 Å². The van der Waals surface area contributed by atoms with Gasteiger partial charge in [-0.15, -0.1) is 0 Å². The quantitative estimate of drug-likeness (QED) is 0.495. The van der Waals surface area contributed by atoms with Gasteiger partial charge >= 0.3 is 5.97 Å². The Hall–Kier alpha value is -2.18. The van der Waals surface area contributed by atoms with Gasteiger partial charge < -0.3 is 10.1 Å². The number of carbonyl (C=O) groups is 1. The van der Waals surface area contributed by atoms with E-state index in [9.17, 15) is 19.3 Å². The van der Waals surface area contributed by atoms with Gasteiger partial charge in [0, 0.05) is 12.1 Å². The molecular weight excluding hydrogens is 243 g/mol. The lowest BCUT2D eigenvalue weighted by Crippen LogP contribution is -2.17. The number of nitro benzene ring substituents is 1. The molecule has 0 radical (unpaired) electrons. The maximum Gasteiger partial charge on any atom is 0.325 e. The number of nitro groups is 1. The minimum atomic E-state index is -0.639. The number of aryl methyl sites for hydroxylation is 1. The molecule has 1 aromatic rings. The minimum Gasteiger partial charge on any atom is -0.465 e. The monoisotopic (exact) mass is 256 g/mol. The highest BCUT2D eigenvalue weighted by Crippen LogP contribution is 2.27. The van der Waals surface area contributed by atoms with E-state index in [4.69, 9.17) is 0 Å². The minimum absolute atomic E-state index is 0.0452. The molecule has 6 nitrogen and oxygen atoms in total. The zero-order valence-corrected chi connectivity index (χ0v) is 10.0. The number of hydrogen-bond donors (Lipinski definition) is 1. The summed E-state index contributed by atoms with van der Waals surface area (Å²) in [6.45, 7) is 3.03. The molecule has 0 unspecified atom stereocenters. The van der Waals surface area contributed by atoms with Crippen molar-refractivity contribution in [2.75, 3.05) is 18.5 Å². The number of anilines is 1. The second-order valence-corrected chi connectivity index (χ2v) is 3.53. The van der Waals surface area contributed by atoms with E-state index in [-0.39, 0.29) is 30.1 Å². The summed E-state index contributed by atoms with van der Waals surface area (Å²) in [5, 5.41) is 13.3. The number of nitrogens with zero attached hydrogens (tertiary/aromatic N) is 1. The number of halogens is 1. The summed E-state index contributed by atoms with van der Waals surface area (Å²) in [7, 11) is 0. The van der Waals surface area contributed by atoms with Gasteiger partial charge in [0.1, 0.15) is 18.0 Å². The molecule has 0 heterocycles. The topological polar surface area (TPSA) is 81.5 Å². The average molecular weight is 256 g/mol. The van der Waals surface area contributed by atoms with E-state index in [1.165, 1.54) is 6.92 Å². The van der Waals surface area contributed by atoms with E-state index in [0.717, 1.165) is 12.1 Å². The van der Waals surface area contributed by atoms with Gasteiger partial charge in [-0.05, 0) is 19.4 Å². The molecule has 0 spiro atoms. The SMILES string of the molecule is CCOC(=O)CNc1cc(F)c(C)cc1[N+](=O)[O-]. The zero-order chi connectivity index (χ0) is 13.7. The molecule has 1 rings (SSSR count). The van der Waals surface area contributed by atoms with Crippen molar-refractivity contribution < 1.29 is 18.8 Å². The first-order valence-corrected chi connectivity index (χ1v) is 5.29. The molecule has 0 saturated carbocycles. The smallest absolute Gasteiger partial charge is 0.325 e. The van der Waals surface area contributed by atoms with Crippen molar-refractivity contribution in [2.45, 2.75) is 13.8 Å². The lowest BCUT2D eigenvalue weighted by Gasteiger charge is -2.08. The predicted octanol–water partition coefficient (Wildman–Crippen LogP) is 2.02. The van der Waals surface area contributed by atoms with Gasteiger partial charge in [-0.2, -0.15) is 0 Å². The van der Waals surface area contributed by atoms with Gasteiger partial charge in [0.15, 0.2) is 0 Å². The number of carbonyl (C=O) groups excluding carboxylic acids is 1. The van der Waals surface area contributed by atoms with Crippen LogP contribution in [-0.2, 0) is 9.53 Å².